The molecule has 0 saturated heterocycles. The molecule has 0 amide bonds. The number of methoxy groups -OCH3 is 2. The number of carbonyl (C=O) groups is 4. The molecule has 0 aliphatic carbocycles. The Balaban J connectivity index is 4.98. The molecule has 0 atom stereocenters. The lowest BCUT2D eigenvalue weighted by Gasteiger charge is -2.27. The highest BCUT2D eigenvalue weighted by Gasteiger charge is 2.42. The van der Waals surface area contributed by atoms with E-state index in [2.05, 4.69) is 18.9 Å². The van der Waals surface area contributed by atoms with Gasteiger partial charge in [-0.1, -0.05) is 0 Å². The molecule has 22 heavy (non-hydrogen) atoms. The van der Waals surface area contributed by atoms with Gasteiger partial charge < -0.3 is 29.2 Å². The first-order valence-corrected chi connectivity index (χ1v) is 6.14. The molecule has 0 aromatic heterocycles. The van der Waals surface area contributed by atoms with Gasteiger partial charge in [0.05, 0.1) is 14.2 Å². The molecular formula is C12H18O10. The molecule has 0 rings (SSSR count). The summed E-state index contributed by atoms with van der Waals surface area (Å²) in [6.45, 7) is -1.29. The van der Waals surface area contributed by atoms with Gasteiger partial charge in [-0.2, -0.15) is 0 Å². The quantitative estimate of drug-likeness (QED) is 0.586. The summed E-state index contributed by atoms with van der Waals surface area (Å²) in [6, 6.07) is 0. The van der Waals surface area contributed by atoms with Gasteiger partial charge in [0, 0.05) is 6.42 Å². The van der Waals surface area contributed by atoms with Crippen LogP contribution < -0.4 is 0 Å². The van der Waals surface area contributed by atoms with Crippen molar-refractivity contribution in [2.75, 3.05) is 27.4 Å². The summed E-state index contributed by atoms with van der Waals surface area (Å²) in [4.78, 5) is 44.0. The summed E-state index contributed by atoms with van der Waals surface area (Å²) < 4.78 is 17.7. The summed E-state index contributed by atoms with van der Waals surface area (Å²) in [5.41, 5.74) is -1.79. The maximum Gasteiger partial charge on any atom is 0.508 e. The molecule has 0 aromatic rings. The summed E-state index contributed by atoms with van der Waals surface area (Å²) >= 11 is 0. The number of hydrogen-bond acceptors (Lipinski definition) is 8. The maximum atomic E-state index is 11.5. The van der Waals surface area contributed by atoms with Gasteiger partial charge in [-0.3, -0.25) is 9.59 Å². The zero-order valence-electron chi connectivity index (χ0n) is 12.2. The molecule has 10 heteroatoms. The third-order valence-corrected chi connectivity index (χ3v) is 2.77. The minimum absolute atomic E-state index is 0.0172. The fraction of sp³-hybridized carbons (Fsp3) is 0.667. The standard InChI is InChI=1S/C12H18O10/c1-19-10(17)21-6-12(9(15)16,5-3-4-8(13)14)7-22-11(18)20-2/h3-7H2,1-2H3,(H,13,14)(H,15,16). The van der Waals surface area contributed by atoms with Gasteiger partial charge in [-0.25, -0.2) is 9.59 Å². The van der Waals surface area contributed by atoms with Crippen LogP contribution in [0.2, 0.25) is 0 Å². The highest BCUT2D eigenvalue weighted by Crippen LogP contribution is 2.27. The van der Waals surface area contributed by atoms with Crippen LogP contribution in [0.3, 0.4) is 0 Å². The first kappa shape index (κ1) is 19.5. The van der Waals surface area contributed by atoms with Gasteiger partial charge in [0.2, 0.25) is 0 Å². The number of carboxylic acids is 2. The van der Waals surface area contributed by atoms with Gasteiger partial charge in [0.25, 0.3) is 0 Å². The van der Waals surface area contributed by atoms with E-state index in [1.807, 2.05) is 0 Å². The molecule has 0 heterocycles. The van der Waals surface area contributed by atoms with Gasteiger partial charge in [0.15, 0.2) is 0 Å². The molecule has 10 nitrogen and oxygen atoms in total. The van der Waals surface area contributed by atoms with Crippen molar-refractivity contribution in [2.24, 2.45) is 5.41 Å². The van der Waals surface area contributed by atoms with Crippen molar-refractivity contribution >= 4 is 24.2 Å². The van der Waals surface area contributed by atoms with Crippen LogP contribution in [-0.4, -0.2) is 61.9 Å². The van der Waals surface area contributed by atoms with E-state index in [4.69, 9.17) is 5.11 Å². The van der Waals surface area contributed by atoms with Crippen LogP contribution in [0.1, 0.15) is 19.3 Å². The largest absolute Gasteiger partial charge is 0.508 e. The van der Waals surface area contributed by atoms with Gasteiger partial charge in [-0.15, -0.1) is 0 Å². The van der Waals surface area contributed by atoms with Crippen LogP contribution in [-0.2, 0) is 28.5 Å². The number of aliphatic carboxylic acids is 2. The Morgan fingerprint density at radius 3 is 1.68 bits per heavy atom. The van der Waals surface area contributed by atoms with Gasteiger partial charge >= 0.3 is 24.2 Å². The van der Waals surface area contributed by atoms with E-state index in [9.17, 15) is 24.3 Å². The maximum absolute atomic E-state index is 11.5. The smallest absolute Gasteiger partial charge is 0.481 e. The van der Waals surface area contributed by atoms with Crippen molar-refractivity contribution in [3.8, 4) is 0 Å². The van der Waals surface area contributed by atoms with Crippen LogP contribution in [0.25, 0.3) is 0 Å². The molecule has 0 spiro atoms. The fourth-order valence-electron chi connectivity index (χ4n) is 1.51. The van der Waals surface area contributed by atoms with Crippen LogP contribution in [0.15, 0.2) is 0 Å². The van der Waals surface area contributed by atoms with Crippen molar-refractivity contribution in [1.29, 1.82) is 0 Å². The molecule has 2 N–H and O–H groups in total. The second-order valence-corrected chi connectivity index (χ2v) is 4.32. The highest BCUT2D eigenvalue weighted by molar-refractivity contribution is 5.76. The first-order valence-electron chi connectivity index (χ1n) is 6.14. The van der Waals surface area contributed by atoms with E-state index in [0.717, 1.165) is 14.2 Å². The highest BCUT2D eigenvalue weighted by atomic mass is 16.7. The summed E-state index contributed by atoms with van der Waals surface area (Å²) in [5.74, 6) is -2.52. The normalized spacial score (nSPS) is 10.5. The molecule has 0 fully saturated rings. The number of ether oxygens (including phenoxy) is 4. The molecule has 0 aromatic carbocycles. The topological polar surface area (TPSA) is 146 Å². The van der Waals surface area contributed by atoms with E-state index in [0.29, 0.717) is 0 Å². The Kier molecular flexibility index (Phi) is 8.34. The molecule has 0 bridgehead atoms. The van der Waals surface area contributed by atoms with Crippen molar-refractivity contribution < 1.29 is 48.3 Å². The summed E-state index contributed by atoms with van der Waals surface area (Å²) in [6.07, 6.45) is -2.71. The van der Waals surface area contributed by atoms with Gasteiger partial charge in [-0.05, 0) is 12.8 Å². The number of carboxylic acid groups (broad SMARTS) is 2. The Hall–Kier alpha value is -2.52. The third-order valence-electron chi connectivity index (χ3n) is 2.77. The van der Waals surface area contributed by atoms with E-state index in [1.54, 1.807) is 0 Å². The van der Waals surface area contributed by atoms with Crippen molar-refractivity contribution in [2.45, 2.75) is 19.3 Å². The van der Waals surface area contributed by atoms with E-state index < -0.39 is 42.9 Å². The SMILES string of the molecule is COC(=O)OCC(CCCC(=O)O)(COC(=O)OC)C(=O)O. The van der Waals surface area contributed by atoms with E-state index in [1.165, 1.54) is 0 Å². The second-order valence-electron chi connectivity index (χ2n) is 4.32. The predicted octanol–water partition coefficient (Wildman–Crippen LogP) is 0.878. The summed E-state index contributed by atoms with van der Waals surface area (Å²) in [5, 5.41) is 18.0. The minimum Gasteiger partial charge on any atom is -0.481 e. The number of rotatable bonds is 9. The Labute approximate surface area is 125 Å². The lowest BCUT2D eigenvalue weighted by Crippen LogP contribution is -2.42. The average molecular weight is 322 g/mol. The summed E-state index contributed by atoms with van der Waals surface area (Å²) in [7, 11) is 2.08. The molecule has 0 unspecified atom stereocenters. The molecule has 0 radical (unpaired) electrons. The lowest BCUT2D eigenvalue weighted by molar-refractivity contribution is -0.157. The van der Waals surface area contributed by atoms with Gasteiger partial charge in [0.1, 0.15) is 18.6 Å². The molecule has 126 valence electrons. The Morgan fingerprint density at radius 2 is 1.36 bits per heavy atom. The third kappa shape index (κ3) is 6.77. The van der Waals surface area contributed by atoms with Crippen LogP contribution in [0, 0.1) is 5.41 Å². The monoisotopic (exact) mass is 322 g/mol. The molecule has 0 aliphatic rings. The van der Waals surface area contributed by atoms with Crippen molar-refractivity contribution in [3.63, 3.8) is 0 Å². The lowest BCUT2D eigenvalue weighted by atomic mass is 9.84. The fourth-order valence-corrected chi connectivity index (χ4v) is 1.51. The molecule has 0 aliphatic heterocycles. The second kappa shape index (κ2) is 9.42. The van der Waals surface area contributed by atoms with Crippen LogP contribution in [0.4, 0.5) is 9.59 Å². The Morgan fingerprint density at radius 1 is 0.909 bits per heavy atom. The van der Waals surface area contributed by atoms with Crippen LogP contribution >= 0.6 is 0 Å². The molecule has 0 saturated carbocycles. The molecular weight excluding hydrogens is 304 g/mol. The van der Waals surface area contributed by atoms with E-state index >= 15 is 0 Å². The zero-order valence-corrected chi connectivity index (χ0v) is 12.2. The van der Waals surface area contributed by atoms with Crippen molar-refractivity contribution in [3.05, 3.63) is 0 Å². The minimum atomic E-state index is -1.79. The first-order chi connectivity index (χ1) is 10.3. The number of hydrogen-bond donors (Lipinski definition) is 2. The van der Waals surface area contributed by atoms with Crippen LogP contribution in [0.5, 0.6) is 0 Å². The van der Waals surface area contributed by atoms with Crippen molar-refractivity contribution in [1.82, 2.24) is 0 Å². The zero-order chi connectivity index (χ0) is 17.2. The van der Waals surface area contributed by atoms with E-state index in [-0.39, 0.29) is 19.3 Å². The predicted molar refractivity (Wildman–Crippen MR) is 68.3 cm³/mol. The number of carbonyl (C=O) groups excluding carboxylic acids is 2. The average Bonchev–Trinajstić information content (AvgIpc) is 2.47. The Bertz CT molecular complexity index is 396.